The summed E-state index contributed by atoms with van der Waals surface area (Å²) >= 11 is 0. The van der Waals surface area contributed by atoms with E-state index in [-0.39, 0.29) is 5.91 Å². The van der Waals surface area contributed by atoms with Crippen LogP contribution in [0.3, 0.4) is 0 Å². The molecule has 1 N–H and O–H groups in total. The van der Waals surface area contributed by atoms with Gasteiger partial charge in [-0.2, -0.15) is 0 Å². The summed E-state index contributed by atoms with van der Waals surface area (Å²) in [7, 11) is 1.54. The molecule has 0 saturated heterocycles. The van der Waals surface area contributed by atoms with E-state index in [0.29, 0.717) is 12.8 Å². The Morgan fingerprint density at radius 3 is 2.23 bits per heavy atom. The van der Waals surface area contributed by atoms with Crippen molar-refractivity contribution in [1.29, 1.82) is 0 Å². The smallest absolute Gasteiger partial charge is 0.326 e. The van der Waals surface area contributed by atoms with Crippen molar-refractivity contribution in [2.45, 2.75) is 39.2 Å². The quantitative estimate of drug-likeness (QED) is 0.701. The highest BCUT2D eigenvalue weighted by Crippen LogP contribution is 2.05. The standard InChI is InChI=1S/C9H17NO3/c1-4-6-8(11)10(3)7(5-2)9(12)13/h7H,4-6H2,1-3H3,(H,12,13). The first kappa shape index (κ1) is 11.9. The Morgan fingerprint density at radius 1 is 1.38 bits per heavy atom. The van der Waals surface area contributed by atoms with Crippen LogP contribution in [0.2, 0.25) is 0 Å². The molecule has 1 unspecified atom stereocenters. The van der Waals surface area contributed by atoms with Gasteiger partial charge in [-0.25, -0.2) is 4.79 Å². The van der Waals surface area contributed by atoms with Crippen molar-refractivity contribution in [3.8, 4) is 0 Å². The van der Waals surface area contributed by atoms with Gasteiger partial charge in [-0.1, -0.05) is 13.8 Å². The number of amides is 1. The van der Waals surface area contributed by atoms with E-state index >= 15 is 0 Å². The zero-order valence-corrected chi connectivity index (χ0v) is 8.41. The molecule has 1 atom stereocenters. The molecule has 4 nitrogen and oxygen atoms in total. The van der Waals surface area contributed by atoms with Gasteiger partial charge in [-0.3, -0.25) is 4.79 Å². The van der Waals surface area contributed by atoms with Gasteiger partial charge in [0.2, 0.25) is 5.91 Å². The Kier molecular flexibility index (Phi) is 5.11. The van der Waals surface area contributed by atoms with Crippen LogP contribution in [0.25, 0.3) is 0 Å². The maximum atomic E-state index is 11.3. The summed E-state index contributed by atoms with van der Waals surface area (Å²) in [4.78, 5) is 23.3. The number of rotatable bonds is 5. The third kappa shape index (κ3) is 3.44. The minimum absolute atomic E-state index is 0.100. The maximum Gasteiger partial charge on any atom is 0.326 e. The van der Waals surface area contributed by atoms with Gasteiger partial charge < -0.3 is 10.0 Å². The fourth-order valence-electron chi connectivity index (χ4n) is 1.18. The molecule has 0 spiro atoms. The molecular weight excluding hydrogens is 170 g/mol. The number of carbonyl (C=O) groups excluding carboxylic acids is 1. The van der Waals surface area contributed by atoms with Gasteiger partial charge in [0.15, 0.2) is 0 Å². The van der Waals surface area contributed by atoms with Gasteiger partial charge in [-0.15, -0.1) is 0 Å². The van der Waals surface area contributed by atoms with Crippen LogP contribution in [0.15, 0.2) is 0 Å². The fraction of sp³-hybridized carbons (Fsp3) is 0.778. The topological polar surface area (TPSA) is 57.6 Å². The first-order valence-electron chi connectivity index (χ1n) is 4.53. The zero-order chi connectivity index (χ0) is 10.4. The molecule has 13 heavy (non-hydrogen) atoms. The van der Waals surface area contributed by atoms with Crippen LogP contribution < -0.4 is 0 Å². The Morgan fingerprint density at radius 2 is 1.92 bits per heavy atom. The average Bonchev–Trinajstić information content (AvgIpc) is 2.05. The normalized spacial score (nSPS) is 12.2. The number of carbonyl (C=O) groups is 2. The molecule has 0 radical (unpaired) electrons. The number of carboxylic acid groups (broad SMARTS) is 1. The minimum Gasteiger partial charge on any atom is -0.480 e. The van der Waals surface area contributed by atoms with Crippen molar-refractivity contribution in [1.82, 2.24) is 4.90 Å². The van der Waals surface area contributed by atoms with E-state index in [1.54, 1.807) is 14.0 Å². The lowest BCUT2D eigenvalue weighted by Gasteiger charge is -2.23. The van der Waals surface area contributed by atoms with Gasteiger partial charge in [0, 0.05) is 13.5 Å². The lowest BCUT2D eigenvalue weighted by molar-refractivity contribution is -0.149. The second-order valence-electron chi connectivity index (χ2n) is 3.02. The van der Waals surface area contributed by atoms with E-state index in [0.717, 1.165) is 6.42 Å². The Bertz CT molecular complexity index is 191. The van der Waals surface area contributed by atoms with Crippen LogP contribution in [0, 0.1) is 0 Å². The molecule has 0 aliphatic rings. The second-order valence-corrected chi connectivity index (χ2v) is 3.02. The summed E-state index contributed by atoms with van der Waals surface area (Å²) in [6.45, 7) is 3.65. The lowest BCUT2D eigenvalue weighted by Crippen LogP contribution is -2.41. The van der Waals surface area contributed by atoms with Gasteiger partial charge >= 0.3 is 5.97 Å². The Balaban J connectivity index is 4.27. The summed E-state index contributed by atoms with van der Waals surface area (Å²) in [6, 6.07) is -0.681. The van der Waals surface area contributed by atoms with E-state index < -0.39 is 12.0 Å². The Hall–Kier alpha value is -1.06. The molecule has 0 fully saturated rings. The minimum atomic E-state index is -0.936. The molecule has 0 aliphatic carbocycles. The first-order valence-corrected chi connectivity index (χ1v) is 4.53. The monoisotopic (exact) mass is 187 g/mol. The average molecular weight is 187 g/mol. The molecular formula is C9H17NO3. The summed E-state index contributed by atoms with van der Waals surface area (Å²) in [6.07, 6.45) is 1.61. The highest BCUT2D eigenvalue weighted by Gasteiger charge is 2.23. The maximum absolute atomic E-state index is 11.3. The third-order valence-electron chi connectivity index (χ3n) is 2.00. The highest BCUT2D eigenvalue weighted by atomic mass is 16.4. The summed E-state index contributed by atoms with van der Waals surface area (Å²) in [5.41, 5.74) is 0. The highest BCUT2D eigenvalue weighted by molar-refractivity contribution is 5.83. The van der Waals surface area contributed by atoms with E-state index in [1.165, 1.54) is 4.90 Å². The molecule has 0 aromatic rings. The van der Waals surface area contributed by atoms with Crippen LogP contribution >= 0.6 is 0 Å². The SMILES string of the molecule is CCCC(=O)N(C)C(CC)C(=O)O. The van der Waals surface area contributed by atoms with E-state index in [4.69, 9.17) is 5.11 Å². The molecule has 0 aromatic carbocycles. The van der Waals surface area contributed by atoms with Crippen LogP contribution in [-0.2, 0) is 9.59 Å². The van der Waals surface area contributed by atoms with Gasteiger partial charge in [0.25, 0.3) is 0 Å². The van der Waals surface area contributed by atoms with E-state index in [2.05, 4.69) is 0 Å². The van der Waals surface area contributed by atoms with E-state index in [1.807, 2.05) is 6.92 Å². The number of likely N-dealkylation sites (N-methyl/N-ethyl adjacent to an activating group) is 1. The largest absolute Gasteiger partial charge is 0.480 e. The van der Waals surface area contributed by atoms with Gasteiger partial charge in [0.05, 0.1) is 0 Å². The Labute approximate surface area is 78.5 Å². The predicted molar refractivity (Wildman–Crippen MR) is 49.4 cm³/mol. The molecule has 1 amide bonds. The lowest BCUT2D eigenvalue weighted by atomic mass is 10.2. The molecule has 0 aromatic heterocycles. The fourth-order valence-corrected chi connectivity index (χ4v) is 1.18. The molecule has 0 bridgehead atoms. The first-order chi connectivity index (χ1) is 6.04. The number of nitrogens with zero attached hydrogens (tertiary/aromatic N) is 1. The summed E-state index contributed by atoms with van der Waals surface area (Å²) in [5, 5.41) is 8.77. The van der Waals surface area contributed by atoms with Crippen LogP contribution in [-0.4, -0.2) is 35.0 Å². The number of hydrogen-bond acceptors (Lipinski definition) is 2. The summed E-state index contributed by atoms with van der Waals surface area (Å²) in [5.74, 6) is -1.04. The van der Waals surface area contributed by atoms with Crippen molar-refractivity contribution in [3.63, 3.8) is 0 Å². The number of aliphatic carboxylic acids is 1. The number of carboxylic acids is 1. The van der Waals surface area contributed by atoms with Crippen LogP contribution in [0.1, 0.15) is 33.1 Å². The van der Waals surface area contributed by atoms with Crippen molar-refractivity contribution in [3.05, 3.63) is 0 Å². The van der Waals surface area contributed by atoms with Crippen molar-refractivity contribution in [2.75, 3.05) is 7.05 Å². The van der Waals surface area contributed by atoms with Gasteiger partial charge in [0.1, 0.15) is 6.04 Å². The van der Waals surface area contributed by atoms with Crippen molar-refractivity contribution < 1.29 is 14.7 Å². The molecule has 76 valence electrons. The van der Waals surface area contributed by atoms with Crippen LogP contribution in [0.5, 0.6) is 0 Å². The van der Waals surface area contributed by atoms with E-state index in [9.17, 15) is 9.59 Å². The van der Waals surface area contributed by atoms with Crippen molar-refractivity contribution in [2.24, 2.45) is 0 Å². The number of hydrogen-bond donors (Lipinski definition) is 1. The molecule has 0 saturated carbocycles. The molecule has 4 heteroatoms. The van der Waals surface area contributed by atoms with Crippen LogP contribution in [0.4, 0.5) is 0 Å². The predicted octanol–water partition coefficient (Wildman–Crippen LogP) is 1.11. The third-order valence-corrected chi connectivity index (χ3v) is 2.00. The second kappa shape index (κ2) is 5.56. The zero-order valence-electron chi connectivity index (χ0n) is 8.41. The van der Waals surface area contributed by atoms with Gasteiger partial charge in [-0.05, 0) is 12.8 Å². The summed E-state index contributed by atoms with van der Waals surface area (Å²) < 4.78 is 0. The molecule has 0 aliphatic heterocycles. The molecule has 0 rings (SSSR count). The molecule has 0 heterocycles. The van der Waals surface area contributed by atoms with Crippen molar-refractivity contribution >= 4 is 11.9 Å².